The Balaban J connectivity index is 0.00000266. The normalized spacial score (nSPS) is 27.3. The fraction of sp³-hybridized carbons (Fsp3) is 0.548. The maximum absolute atomic E-state index is 15.9. The Morgan fingerprint density at radius 3 is 0.700 bits per heavy atom. The molecule has 110 heavy (non-hydrogen) atoms. The molecular weight excluding hydrogens is 1570 g/mol. The summed E-state index contributed by atoms with van der Waals surface area (Å²) in [5.74, 6) is -2.40. The van der Waals surface area contributed by atoms with E-state index in [4.69, 9.17) is 18.9 Å². The summed E-state index contributed by atoms with van der Waals surface area (Å²) >= 11 is 0. The van der Waals surface area contributed by atoms with Crippen molar-refractivity contribution >= 4 is 110 Å². The zero-order valence-electron chi connectivity index (χ0n) is 61.1. The molecule has 0 bridgehead atoms. The number of carbonyl (C=O) groups is 8. The maximum Gasteiger partial charge on any atom is 1.00 e. The van der Waals surface area contributed by atoms with Crippen molar-refractivity contribution in [1.82, 2.24) is 78.4 Å². The average molecular weight is 1640 g/mol. The van der Waals surface area contributed by atoms with E-state index in [1.807, 2.05) is 0 Å². The Hall–Kier alpha value is -5.60. The minimum atomic E-state index is -4.66. The minimum absolute atomic E-state index is 0. The molecule has 17 rings (SSSR count). The summed E-state index contributed by atoms with van der Waals surface area (Å²) in [6.07, 6.45) is -6.20. The largest absolute Gasteiger partial charge is 1.00 e. The van der Waals surface area contributed by atoms with Crippen LogP contribution in [-0.2, 0) is 66.7 Å². The van der Waals surface area contributed by atoms with E-state index in [-0.39, 0.29) is 220 Å². The number of nitrogens with zero attached hydrogens (tertiary/aromatic N) is 16. The number of carbonyl (C=O) groups excluding carboxylic acids is 8. The van der Waals surface area contributed by atoms with E-state index in [2.05, 4.69) is 0 Å². The van der Waals surface area contributed by atoms with Crippen LogP contribution >= 0.6 is 0 Å². The molecule has 568 valence electrons. The smallest absolute Gasteiger partial charge is 0.748 e. The maximum atomic E-state index is 15.9. The standard InChI is InChI=1S/C62H72N16O24S4.4Na/c1-59-61(3)75-31-67-49-47-63(51(67)79)29-65-48-50-69(53(65)81)33-77-57(85)73-27-39-43(101-19-7-23-105(93,94)95)15-11-36-12-16-44(102-20-8-24-106(96,97)98)40(46(36)39)28-74-58(86)78(62(77,4)60(73,74)2)34-70(50)54(82)66(48)30-64(47)52(80)68(49)32-76(61)56(84)72(59)26-38-42(100-18-6-22-104(90,91)92)14-10-35-9-13-41(99-17-5-21-103(87,88)89)37(45(35)38)25-71(59)55(75)83;;;;/h9-16,47-50H,5-8,17-34H2,1-4H3,(H,87,88,89)(H,90,91,92)(H,93,94,95)(H,96,97,98);;;;/q;4*+1/p-4. The van der Waals surface area contributed by atoms with Crippen LogP contribution in [0.1, 0.15) is 75.6 Å². The van der Waals surface area contributed by atoms with Gasteiger partial charge in [0.05, 0.1) is 93.1 Å². The van der Waals surface area contributed by atoms with Crippen molar-refractivity contribution < 1.29 is 227 Å². The van der Waals surface area contributed by atoms with Crippen LogP contribution < -0.4 is 137 Å². The van der Waals surface area contributed by atoms with Gasteiger partial charge in [0.25, 0.3) is 0 Å². The van der Waals surface area contributed by atoms with E-state index in [9.17, 15) is 51.9 Å². The summed E-state index contributed by atoms with van der Waals surface area (Å²) in [5.41, 5.74) is -5.68. The van der Waals surface area contributed by atoms with Crippen LogP contribution in [0.5, 0.6) is 23.0 Å². The van der Waals surface area contributed by atoms with Crippen molar-refractivity contribution in [1.29, 1.82) is 0 Å². The predicted octanol–water partition coefficient (Wildman–Crippen LogP) is -11.2. The zero-order valence-corrected chi connectivity index (χ0v) is 72.3. The number of rotatable bonds is 20. The second-order valence-electron chi connectivity index (χ2n) is 28.9. The number of hydrogen-bond donors (Lipinski definition) is 0. The van der Waals surface area contributed by atoms with Crippen molar-refractivity contribution in [2.45, 2.75) is 127 Å². The number of benzene rings is 4. The van der Waals surface area contributed by atoms with Gasteiger partial charge in [0.15, 0.2) is 47.3 Å². The first-order valence-electron chi connectivity index (χ1n) is 34.0. The third-order valence-electron chi connectivity index (χ3n) is 23.8. The van der Waals surface area contributed by atoms with Gasteiger partial charge in [-0.25, -0.2) is 72.0 Å². The molecule has 13 aliphatic heterocycles. The molecule has 4 aromatic carbocycles. The number of ether oxygens (including phenoxy) is 4. The van der Waals surface area contributed by atoms with E-state index < -0.39 is 199 Å². The summed E-state index contributed by atoms with van der Waals surface area (Å²) in [7, 11) is -18.6. The topological polar surface area (TPSA) is 454 Å². The van der Waals surface area contributed by atoms with E-state index in [0.29, 0.717) is 43.8 Å². The second kappa shape index (κ2) is 28.1. The van der Waals surface area contributed by atoms with Gasteiger partial charge in [-0.3, -0.25) is 78.4 Å². The van der Waals surface area contributed by atoms with Gasteiger partial charge in [0.2, 0.25) is 0 Å². The van der Waals surface area contributed by atoms with Crippen LogP contribution in [0.25, 0.3) is 21.5 Å². The first-order chi connectivity index (χ1) is 49.9. The van der Waals surface area contributed by atoms with E-state index in [1.54, 1.807) is 76.2 Å². The Bertz CT molecular complexity index is 4570. The summed E-state index contributed by atoms with van der Waals surface area (Å²) in [6, 6.07) is 7.17. The summed E-state index contributed by atoms with van der Waals surface area (Å²) in [6.45, 7) is 0.528. The third kappa shape index (κ3) is 12.0. The molecule has 0 unspecified atom stereocenters. The first-order valence-corrected chi connectivity index (χ1v) is 40.3. The van der Waals surface area contributed by atoms with Gasteiger partial charge < -0.3 is 37.2 Å². The molecule has 13 heterocycles. The van der Waals surface area contributed by atoms with Crippen LogP contribution in [0.2, 0.25) is 0 Å². The molecule has 48 heteroatoms. The van der Waals surface area contributed by atoms with Crippen molar-refractivity contribution in [3.05, 3.63) is 70.8 Å². The van der Waals surface area contributed by atoms with E-state index >= 15 is 38.4 Å². The predicted molar refractivity (Wildman–Crippen MR) is 352 cm³/mol. The van der Waals surface area contributed by atoms with Gasteiger partial charge in [-0.2, -0.15) is 0 Å². The third-order valence-corrected chi connectivity index (χ3v) is 26.9. The van der Waals surface area contributed by atoms with Gasteiger partial charge >= 0.3 is 166 Å². The molecule has 11 saturated heterocycles. The van der Waals surface area contributed by atoms with Crippen molar-refractivity contribution in [3.63, 3.8) is 0 Å². The molecule has 11 fully saturated rings. The molecule has 0 saturated carbocycles. The molecule has 0 N–H and O–H groups in total. The SMILES string of the molecule is CC12N3Cc4c(OCCCS(=O)(=O)[O-])ccc5ccc(OCCCS(=O)(=O)[O-])c(c45)CN1C(=O)N1CN4C(=O)N5CN6C(=O)N7CN8C(=O)N9Cc%10c(OCCCS(=O)(=O)[O-])ccc%11ccc(OCCCS(=O)(=O)[O-])c(c%10%11)CN%10C(=O)N(CN%11C(=O)N(CN%12C(=O)N(CN(C3=O)C12C)C4C%125)C6C%117)C8(C)C%109C.[Na+].[Na+].[Na+].[Na+]. The summed E-state index contributed by atoms with van der Waals surface area (Å²) < 4.78 is 165. The fourth-order valence-corrected chi connectivity index (χ4v) is 20.4. The molecule has 0 aromatic heterocycles. The summed E-state index contributed by atoms with van der Waals surface area (Å²) in [4.78, 5) is 148. The van der Waals surface area contributed by atoms with Gasteiger partial charge in [-0.15, -0.1) is 0 Å². The molecule has 16 amide bonds. The van der Waals surface area contributed by atoms with Crippen molar-refractivity contribution in [3.8, 4) is 23.0 Å². The molecular formula is C62H68N16Na4O24S4. The van der Waals surface area contributed by atoms with Gasteiger partial charge in [-0.05, 0) is 99.2 Å². The fourth-order valence-electron chi connectivity index (χ4n) is 18.5. The molecule has 0 radical (unpaired) electrons. The number of urea groups is 8. The quantitative estimate of drug-likeness (QED) is 0.0450. The van der Waals surface area contributed by atoms with E-state index in [0.717, 1.165) is 0 Å². The van der Waals surface area contributed by atoms with Crippen molar-refractivity contribution in [2.24, 2.45) is 0 Å². The summed E-state index contributed by atoms with van der Waals surface area (Å²) in [5, 5.41) is 1.95. The van der Waals surface area contributed by atoms with Crippen molar-refractivity contribution in [2.75, 3.05) is 89.5 Å². The van der Waals surface area contributed by atoms with Crippen LogP contribution in [0.4, 0.5) is 38.4 Å². The minimum Gasteiger partial charge on any atom is -0.748 e. The molecule has 4 aromatic rings. The van der Waals surface area contributed by atoms with Crippen LogP contribution in [-0.4, -0.2) is 315 Å². The van der Waals surface area contributed by atoms with Gasteiger partial charge in [0, 0.05) is 45.3 Å². The Morgan fingerprint density at radius 2 is 0.500 bits per heavy atom. The van der Waals surface area contributed by atoms with Gasteiger partial charge in [-0.1, -0.05) is 24.3 Å². The average Bonchev–Trinajstić information content (AvgIpc) is 1.49. The molecule has 40 nitrogen and oxygen atoms in total. The second-order valence-corrected chi connectivity index (χ2v) is 35.0. The van der Waals surface area contributed by atoms with Gasteiger partial charge in [0.1, 0.15) is 63.0 Å². The monoisotopic (exact) mass is 1640 g/mol. The molecule has 0 spiro atoms. The Labute approximate surface area is 718 Å². The first kappa shape index (κ1) is 82.4. The zero-order chi connectivity index (χ0) is 75.1. The van der Waals surface area contributed by atoms with Crippen LogP contribution in [0.3, 0.4) is 0 Å². The number of hydrogen-bond acceptors (Lipinski definition) is 24. The van der Waals surface area contributed by atoms with Crippen LogP contribution in [0.15, 0.2) is 48.5 Å². The molecule has 0 atom stereocenters. The molecule has 13 aliphatic rings. The Kier molecular flexibility index (Phi) is 21.1. The number of amides is 16. The molecule has 0 aliphatic carbocycles. The Morgan fingerprint density at radius 1 is 0.309 bits per heavy atom. The van der Waals surface area contributed by atoms with Crippen LogP contribution in [0, 0.1) is 0 Å². The van der Waals surface area contributed by atoms with E-state index in [1.165, 1.54) is 78.4 Å².